The third-order valence-electron chi connectivity index (χ3n) is 5.47. The first-order chi connectivity index (χ1) is 15.5. The van der Waals surface area contributed by atoms with Crippen molar-refractivity contribution in [3.63, 3.8) is 0 Å². The molecular weight excluding hydrogens is 459 g/mol. The third-order valence-corrected chi connectivity index (χ3v) is 5.70. The fraction of sp³-hybridized carbons (Fsp3) is 0.174. The predicted molar refractivity (Wildman–Crippen MR) is 117 cm³/mol. The van der Waals surface area contributed by atoms with Crippen LogP contribution in [0, 0.1) is 0 Å². The number of hydrogen-bond acceptors (Lipinski definition) is 3. The van der Waals surface area contributed by atoms with E-state index in [9.17, 15) is 27.6 Å². The molecule has 33 heavy (non-hydrogen) atoms. The Morgan fingerprint density at radius 2 is 1.79 bits per heavy atom. The van der Waals surface area contributed by atoms with Crippen molar-refractivity contribution in [3.8, 4) is 0 Å². The van der Waals surface area contributed by atoms with E-state index in [1.54, 1.807) is 18.2 Å². The summed E-state index contributed by atoms with van der Waals surface area (Å²) in [5.74, 6) is -1.65. The first kappa shape index (κ1) is 22.6. The van der Waals surface area contributed by atoms with Crippen LogP contribution in [0.25, 0.3) is 10.8 Å². The summed E-state index contributed by atoms with van der Waals surface area (Å²) in [5.41, 5.74) is -2.57. The van der Waals surface area contributed by atoms with Crippen LogP contribution in [0.1, 0.15) is 18.1 Å². The summed E-state index contributed by atoms with van der Waals surface area (Å²) in [7, 11) is 0. The largest absolute Gasteiger partial charge is 0.418 e. The van der Waals surface area contributed by atoms with Gasteiger partial charge in [0.1, 0.15) is 12.1 Å². The molecule has 6 nitrogen and oxygen atoms in total. The molecule has 3 aromatic rings. The maximum Gasteiger partial charge on any atom is 0.418 e. The summed E-state index contributed by atoms with van der Waals surface area (Å²) in [6, 6.07) is 14.7. The van der Waals surface area contributed by atoms with E-state index in [2.05, 4.69) is 10.6 Å². The Morgan fingerprint density at radius 1 is 1.09 bits per heavy atom. The lowest BCUT2D eigenvalue weighted by molar-refractivity contribution is -0.137. The fourth-order valence-electron chi connectivity index (χ4n) is 3.88. The van der Waals surface area contributed by atoms with Gasteiger partial charge in [-0.3, -0.25) is 14.5 Å². The van der Waals surface area contributed by atoms with E-state index in [1.165, 1.54) is 13.0 Å². The van der Waals surface area contributed by atoms with Gasteiger partial charge in [0, 0.05) is 5.02 Å². The number of carbonyl (C=O) groups excluding carboxylic acids is 3. The van der Waals surface area contributed by atoms with Crippen molar-refractivity contribution >= 4 is 45.9 Å². The molecule has 1 heterocycles. The normalized spacial score (nSPS) is 18.5. The molecule has 1 atom stereocenters. The average Bonchev–Trinajstić information content (AvgIpc) is 2.97. The van der Waals surface area contributed by atoms with Crippen molar-refractivity contribution in [1.29, 1.82) is 0 Å². The van der Waals surface area contributed by atoms with Gasteiger partial charge in [0.25, 0.3) is 5.91 Å². The lowest BCUT2D eigenvalue weighted by atomic mass is 9.88. The van der Waals surface area contributed by atoms with Crippen molar-refractivity contribution < 1.29 is 27.6 Å². The topological polar surface area (TPSA) is 78.5 Å². The monoisotopic (exact) mass is 475 g/mol. The molecule has 10 heteroatoms. The van der Waals surface area contributed by atoms with E-state index in [1.807, 2.05) is 24.3 Å². The Hall–Kier alpha value is -3.59. The molecule has 0 aromatic heterocycles. The van der Waals surface area contributed by atoms with Gasteiger partial charge in [-0.1, -0.05) is 54.1 Å². The van der Waals surface area contributed by atoms with Gasteiger partial charge < -0.3 is 10.6 Å². The number of rotatable bonds is 4. The quantitative estimate of drug-likeness (QED) is 0.526. The zero-order valence-corrected chi connectivity index (χ0v) is 17.9. The number of urea groups is 1. The van der Waals surface area contributed by atoms with Gasteiger partial charge in [-0.05, 0) is 41.5 Å². The van der Waals surface area contributed by atoms with E-state index < -0.39 is 47.4 Å². The lowest BCUT2D eigenvalue weighted by Crippen LogP contribution is -2.42. The second-order valence-corrected chi connectivity index (χ2v) is 8.15. The predicted octanol–water partition coefficient (Wildman–Crippen LogP) is 4.92. The molecule has 0 bridgehead atoms. The van der Waals surface area contributed by atoms with E-state index >= 15 is 0 Å². The van der Waals surface area contributed by atoms with Crippen molar-refractivity contribution in [2.75, 3.05) is 11.9 Å². The van der Waals surface area contributed by atoms with Crippen LogP contribution in [-0.2, 0) is 21.3 Å². The molecule has 2 N–H and O–H groups in total. The second kappa shape index (κ2) is 8.08. The highest BCUT2D eigenvalue weighted by molar-refractivity contribution is 6.30. The molecule has 4 rings (SSSR count). The van der Waals surface area contributed by atoms with E-state index in [0.29, 0.717) is 16.5 Å². The van der Waals surface area contributed by atoms with Crippen LogP contribution >= 0.6 is 11.6 Å². The first-order valence-electron chi connectivity index (χ1n) is 9.79. The number of hydrogen-bond donors (Lipinski definition) is 2. The molecule has 1 unspecified atom stereocenters. The molecule has 4 amide bonds. The number of halogens is 4. The zero-order valence-electron chi connectivity index (χ0n) is 17.2. The van der Waals surface area contributed by atoms with Gasteiger partial charge in [-0.15, -0.1) is 0 Å². The van der Waals surface area contributed by atoms with Gasteiger partial charge in [-0.25, -0.2) is 4.79 Å². The molecule has 0 aliphatic carbocycles. The molecule has 170 valence electrons. The van der Waals surface area contributed by atoms with Gasteiger partial charge in [0.2, 0.25) is 5.91 Å². The molecule has 1 saturated heterocycles. The fourth-order valence-corrected chi connectivity index (χ4v) is 4.05. The number of amides is 4. The molecule has 1 fully saturated rings. The third kappa shape index (κ3) is 4.11. The Kier molecular flexibility index (Phi) is 5.53. The highest BCUT2D eigenvalue weighted by Crippen LogP contribution is 2.37. The van der Waals surface area contributed by atoms with Gasteiger partial charge in [0.15, 0.2) is 0 Å². The standard InChI is InChI=1S/C23H17ClF3N3O3/c1-22(16-8-4-6-13-5-2-3-7-15(13)16)20(32)30(21(33)29-22)12-19(31)28-18-10-9-14(24)11-17(18)23(25,26)27/h2-11H,12H2,1H3,(H,28,31)(H,29,33). The molecular formula is C23H17ClF3N3O3. The highest BCUT2D eigenvalue weighted by atomic mass is 35.5. The van der Waals surface area contributed by atoms with E-state index in [4.69, 9.17) is 11.6 Å². The molecule has 0 saturated carbocycles. The lowest BCUT2D eigenvalue weighted by Gasteiger charge is -2.24. The van der Waals surface area contributed by atoms with Crippen LogP contribution < -0.4 is 10.6 Å². The zero-order chi connectivity index (χ0) is 24.0. The smallest absolute Gasteiger partial charge is 0.324 e. The van der Waals surface area contributed by atoms with Crippen molar-refractivity contribution in [2.45, 2.75) is 18.6 Å². The van der Waals surface area contributed by atoms with Gasteiger partial charge >= 0.3 is 12.2 Å². The Labute approximate surface area is 191 Å². The number of anilines is 1. The van der Waals surface area contributed by atoms with Crippen LogP contribution in [0.4, 0.5) is 23.7 Å². The summed E-state index contributed by atoms with van der Waals surface area (Å²) in [6.07, 6.45) is -4.76. The number of alkyl halides is 3. The molecule has 0 spiro atoms. The number of nitrogens with one attached hydrogen (secondary N) is 2. The summed E-state index contributed by atoms with van der Waals surface area (Å²) < 4.78 is 39.9. The van der Waals surface area contributed by atoms with Gasteiger partial charge in [-0.2, -0.15) is 13.2 Å². The summed E-state index contributed by atoms with van der Waals surface area (Å²) in [4.78, 5) is 39.0. The first-order valence-corrected chi connectivity index (χ1v) is 10.2. The maximum atomic E-state index is 13.3. The Bertz CT molecular complexity index is 1290. The minimum atomic E-state index is -4.76. The Balaban J connectivity index is 1.59. The van der Waals surface area contributed by atoms with E-state index in [0.717, 1.165) is 16.8 Å². The number of imide groups is 1. The maximum absolute atomic E-state index is 13.3. The van der Waals surface area contributed by atoms with Gasteiger partial charge in [0.05, 0.1) is 11.3 Å². The van der Waals surface area contributed by atoms with Crippen LogP contribution in [0.3, 0.4) is 0 Å². The summed E-state index contributed by atoms with van der Waals surface area (Å²) in [5, 5.41) is 6.18. The highest BCUT2D eigenvalue weighted by Gasteiger charge is 2.50. The molecule has 1 aliphatic rings. The SMILES string of the molecule is CC1(c2cccc3ccccc23)NC(=O)N(CC(=O)Nc2ccc(Cl)cc2C(F)(F)F)C1=O. The molecule has 3 aromatic carbocycles. The molecule has 0 radical (unpaired) electrons. The minimum absolute atomic E-state index is 0.153. The van der Waals surface area contributed by atoms with Crippen LogP contribution in [0.15, 0.2) is 60.7 Å². The number of fused-ring (bicyclic) bond motifs is 1. The number of nitrogens with zero attached hydrogens (tertiary/aromatic N) is 1. The molecule has 1 aliphatic heterocycles. The minimum Gasteiger partial charge on any atom is -0.324 e. The van der Waals surface area contributed by atoms with Crippen molar-refractivity contribution in [3.05, 3.63) is 76.8 Å². The summed E-state index contributed by atoms with van der Waals surface area (Å²) >= 11 is 5.65. The van der Waals surface area contributed by atoms with Crippen LogP contribution in [-0.4, -0.2) is 29.3 Å². The Morgan fingerprint density at radius 3 is 2.52 bits per heavy atom. The van der Waals surface area contributed by atoms with Crippen molar-refractivity contribution in [1.82, 2.24) is 10.2 Å². The second-order valence-electron chi connectivity index (χ2n) is 7.71. The van der Waals surface area contributed by atoms with Crippen LogP contribution in [0.2, 0.25) is 5.02 Å². The number of carbonyl (C=O) groups is 3. The number of benzene rings is 3. The van der Waals surface area contributed by atoms with Crippen LogP contribution in [0.5, 0.6) is 0 Å². The average molecular weight is 476 g/mol. The van der Waals surface area contributed by atoms with Crippen molar-refractivity contribution in [2.24, 2.45) is 0 Å². The van der Waals surface area contributed by atoms with E-state index in [-0.39, 0.29) is 5.02 Å². The summed E-state index contributed by atoms with van der Waals surface area (Å²) in [6.45, 7) is 0.763.